The highest BCUT2D eigenvalue weighted by atomic mass is 16.2. The van der Waals surface area contributed by atoms with Gasteiger partial charge in [0.25, 0.3) is 11.8 Å². The van der Waals surface area contributed by atoms with E-state index in [1.54, 1.807) is 12.1 Å². The van der Waals surface area contributed by atoms with E-state index in [0.717, 1.165) is 21.8 Å². The number of likely N-dealkylation sites (tertiary alicyclic amines) is 1. The van der Waals surface area contributed by atoms with E-state index in [0.29, 0.717) is 16.8 Å². The minimum absolute atomic E-state index is 0.0627. The molecule has 2 unspecified atom stereocenters. The molecule has 0 spiro atoms. The number of hydrogen-bond acceptors (Lipinski definition) is 4. The third kappa shape index (κ3) is 3.02. The number of amides is 4. The number of nitrogens with zero attached hydrogens (tertiary/aromatic N) is 2. The smallest absolute Gasteiger partial charge is 0.261 e. The van der Waals surface area contributed by atoms with Gasteiger partial charge >= 0.3 is 0 Å². The van der Waals surface area contributed by atoms with E-state index in [4.69, 9.17) is 0 Å². The molecule has 2 atom stereocenters. The molecule has 1 aliphatic carbocycles. The lowest BCUT2D eigenvalue weighted by atomic mass is 9.83. The summed E-state index contributed by atoms with van der Waals surface area (Å²) in [7, 11) is 1.44. The Balaban J connectivity index is 1.43. The summed E-state index contributed by atoms with van der Waals surface area (Å²) in [6.45, 7) is 2.05. The Morgan fingerprint density at radius 2 is 1.42 bits per heavy atom. The average molecular weight is 414 g/mol. The number of imide groups is 2. The molecule has 0 saturated carbocycles. The molecule has 6 heteroatoms. The number of anilines is 1. The first-order chi connectivity index (χ1) is 14.8. The summed E-state index contributed by atoms with van der Waals surface area (Å²) in [5, 5.41) is 0. The van der Waals surface area contributed by atoms with Gasteiger partial charge in [0.15, 0.2) is 0 Å². The molecule has 3 aliphatic rings. The van der Waals surface area contributed by atoms with Crippen molar-refractivity contribution in [3.8, 4) is 0 Å². The fourth-order valence-corrected chi connectivity index (χ4v) is 4.92. The van der Waals surface area contributed by atoms with Crippen molar-refractivity contribution in [2.75, 3.05) is 11.9 Å². The van der Waals surface area contributed by atoms with Crippen molar-refractivity contribution in [2.24, 2.45) is 11.8 Å². The van der Waals surface area contributed by atoms with Gasteiger partial charge in [-0.15, -0.1) is 0 Å². The normalized spacial score (nSPS) is 23.0. The molecule has 0 aromatic heterocycles. The quantitative estimate of drug-likeness (QED) is 0.724. The molecule has 5 rings (SSSR count). The van der Waals surface area contributed by atoms with E-state index in [2.05, 4.69) is 24.3 Å². The van der Waals surface area contributed by atoms with Crippen molar-refractivity contribution in [2.45, 2.75) is 26.2 Å². The highest BCUT2D eigenvalue weighted by molar-refractivity contribution is 6.27. The zero-order chi connectivity index (χ0) is 21.9. The lowest BCUT2D eigenvalue weighted by Gasteiger charge is -2.32. The van der Waals surface area contributed by atoms with Crippen LogP contribution in [0.1, 0.15) is 29.5 Å². The van der Waals surface area contributed by atoms with Crippen molar-refractivity contribution < 1.29 is 19.2 Å². The molecule has 4 amide bonds. The number of aryl methyl sites for hydroxylation is 1. The molecule has 156 valence electrons. The molecule has 2 aromatic rings. The molecule has 2 heterocycles. The van der Waals surface area contributed by atoms with E-state index in [9.17, 15) is 19.2 Å². The van der Waals surface area contributed by atoms with E-state index < -0.39 is 23.7 Å². The van der Waals surface area contributed by atoms with Gasteiger partial charge in [-0.1, -0.05) is 42.0 Å². The number of benzene rings is 2. The molecule has 31 heavy (non-hydrogen) atoms. The summed E-state index contributed by atoms with van der Waals surface area (Å²) in [6, 6.07) is 15.7. The van der Waals surface area contributed by atoms with Crippen LogP contribution in [0, 0.1) is 18.8 Å². The maximum absolute atomic E-state index is 13.3. The largest absolute Gasteiger partial charge is 0.282 e. The molecular formula is C25H22N2O4. The van der Waals surface area contributed by atoms with E-state index >= 15 is 0 Å². The summed E-state index contributed by atoms with van der Waals surface area (Å²) >= 11 is 0. The van der Waals surface area contributed by atoms with Gasteiger partial charge in [0.1, 0.15) is 0 Å². The summed E-state index contributed by atoms with van der Waals surface area (Å²) in [4.78, 5) is 53.4. The number of likely N-dealkylation sites (N-methyl/N-ethyl adjacent to an activating group) is 1. The van der Waals surface area contributed by atoms with Crippen LogP contribution in [0.25, 0.3) is 0 Å². The van der Waals surface area contributed by atoms with Crippen LogP contribution >= 0.6 is 0 Å². The third-order valence-electron chi connectivity index (χ3n) is 6.62. The molecule has 2 saturated heterocycles. The molecule has 0 radical (unpaired) electrons. The van der Waals surface area contributed by atoms with Crippen LogP contribution in [0.5, 0.6) is 0 Å². The Morgan fingerprint density at radius 3 is 2.06 bits per heavy atom. The topological polar surface area (TPSA) is 74.8 Å². The summed E-state index contributed by atoms with van der Waals surface area (Å²) < 4.78 is 0. The second-order valence-electron chi connectivity index (χ2n) is 8.58. The van der Waals surface area contributed by atoms with Gasteiger partial charge in [0.2, 0.25) is 11.8 Å². The van der Waals surface area contributed by atoms with Crippen molar-refractivity contribution >= 4 is 29.3 Å². The number of piperidine rings is 2. The lowest BCUT2D eigenvalue weighted by Crippen LogP contribution is -2.47. The van der Waals surface area contributed by atoms with Crippen molar-refractivity contribution in [1.29, 1.82) is 0 Å². The van der Waals surface area contributed by atoms with Gasteiger partial charge in [-0.05, 0) is 43.0 Å². The minimum atomic E-state index is -0.492. The van der Waals surface area contributed by atoms with Crippen molar-refractivity contribution in [3.63, 3.8) is 0 Å². The van der Waals surface area contributed by atoms with E-state index in [1.165, 1.54) is 18.2 Å². The van der Waals surface area contributed by atoms with Crippen molar-refractivity contribution in [3.05, 3.63) is 76.4 Å². The molecular weight excluding hydrogens is 392 g/mol. The molecule has 2 bridgehead atoms. The first-order valence-corrected chi connectivity index (χ1v) is 10.4. The van der Waals surface area contributed by atoms with Crippen LogP contribution < -0.4 is 4.90 Å². The first-order valence-electron chi connectivity index (χ1n) is 10.4. The molecule has 2 fully saturated rings. The number of carbonyl (C=O) groups is 4. The Hall–Kier alpha value is -3.54. The monoisotopic (exact) mass is 414 g/mol. The SMILES string of the molecule is Cc1ccc(Cc2ccc(N3C(=O)CC4C(=C5CC4C(=O)N(C)C5=O)C3=O)cc2)cc1. The fourth-order valence-electron chi connectivity index (χ4n) is 4.92. The Morgan fingerprint density at radius 1 is 0.806 bits per heavy atom. The highest BCUT2D eigenvalue weighted by Gasteiger charge is 2.54. The van der Waals surface area contributed by atoms with Crippen LogP contribution in [0.15, 0.2) is 59.7 Å². The number of hydrogen-bond donors (Lipinski definition) is 0. The van der Waals surface area contributed by atoms with E-state index in [1.807, 2.05) is 19.1 Å². The third-order valence-corrected chi connectivity index (χ3v) is 6.62. The summed E-state index contributed by atoms with van der Waals surface area (Å²) in [6.07, 6.45) is 1.07. The second-order valence-corrected chi connectivity index (χ2v) is 8.58. The van der Waals surface area contributed by atoms with Gasteiger partial charge in [-0.25, -0.2) is 4.90 Å². The highest BCUT2D eigenvalue weighted by Crippen LogP contribution is 2.47. The van der Waals surface area contributed by atoms with Crippen LogP contribution in [0.3, 0.4) is 0 Å². The predicted molar refractivity (Wildman–Crippen MR) is 114 cm³/mol. The lowest BCUT2D eigenvalue weighted by molar-refractivity contribution is -0.146. The van der Waals surface area contributed by atoms with Gasteiger partial charge in [0.05, 0.1) is 11.6 Å². The van der Waals surface area contributed by atoms with Crippen LogP contribution in [-0.2, 0) is 25.6 Å². The Labute approximate surface area is 180 Å². The van der Waals surface area contributed by atoms with Gasteiger partial charge in [-0.3, -0.25) is 24.1 Å². The Bertz CT molecular complexity index is 1160. The predicted octanol–water partition coefficient (Wildman–Crippen LogP) is 2.78. The zero-order valence-corrected chi connectivity index (χ0v) is 17.4. The van der Waals surface area contributed by atoms with E-state index in [-0.39, 0.29) is 24.7 Å². The van der Waals surface area contributed by atoms with Crippen molar-refractivity contribution in [1.82, 2.24) is 4.90 Å². The van der Waals surface area contributed by atoms with Crippen LogP contribution in [-0.4, -0.2) is 35.6 Å². The van der Waals surface area contributed by atoms with Crippen LogP contribution in [0.2, 0.25) is 0 Å². The fraction of sp³-hybridized carbons (Fsp3) is 0.280. The van der Waals surface area contributed by atoms with Gasteiger partial charge < -0.3 is 0 Å². The maximum Gasteiger partial charge on any atom is 0.261 e. The first kappa shape index (κ1) is 19.4. The number of carbonyl (C=O) groups excluding carboxylic acids is 4. The van der Waals surface area contributed by atoms with Gasteiger partial charge in [-0.2, -0.15) is 0 Å². The second kappa shape index (κ2) is 7.01. The summed E-state index contributed by atoms with van der Waals surface area (Å²) in [5.74, 6) is -2.51. The maximum atomic E-state index is 13.3. The number of rotatable bonds is 3. The molecule has 2 aromatic carbocycles. The van der Waals surface area contributed by atoms with Gasteiger partial charge in [0, 0.05) is 30.5 Å². The molecule has 6 nitrogen and oxygen atoms in total. The zero-order valence-electron chi connectivity index (χ0n) is 17.4. The average Bonchev–Trinajstić information content (AvgIpc) is 3.11. The van der Waals surface area contributed by atoms with Crippen LogP contribution in [0.4, 0.5) is 5.69 Å². The Kier molecular flexibility index (Phi) is 4.39. The molecule has 0 N–H and O–H groups in total. The molecule has 2 aliphatic heterocycles. The summed E-state index contributed by atoms with van der Waals surface area (Å²) in [5.41, 5.74) is 4.68. The minimum Gasteiger partial charge on any atom is -0.282 e. The standard InChI is InChI=1S/C25H22N2O4/c1-14-3-5-15(6-4-14)11-16-7-9-17(10-8-16)27-21(28)13-18-19-12-20(22(18)25(27)31)24(30)26(2)23(19)29/h3-10,18-19H,11-13H2,1-2H3. The number of fused-ring (bicyclic) bond motifs is 4.